The molecule has 3 rings (SSSR count). The number of hydrogen-bond donors (Lipinski definition) is 1. The van der Waals surface area contributed by atoms with Crippen molar-refractivity contribution in [3.63, 3.8) is 0 Å². The second-order valence-electron chi connectivity index (χ2n) is 5.07. The zero-order chi connectivity index (χ0) is 14.7. The number of rotatable bonds is 4. The molecule has 0 bridgehead atoms. The number of benzene rings is 1. The molecule has 3 nitrogen and oxygen atoms in total. The number of halogens is 1. The van der Waals surface area contributed by atoms with Gasteiger partial charge in [0.1, 0.15) is 0 Å². The first-order chi connectivity index (χ1) is 10.2. The van der Waals surface area contributed by atoms with Crippen LogP contribution >= 0.6 is 22.9 Å². The maximum atomic E-state index is 6.30. The molecular formula is C16H18ClNO2S. The molecule has 1 aromatic heterocycles. The van der Waals surface area contributed by atoms with E-state index in [2.05, 4.69) is 29.8 Å². The molecule has 112 valence electrons. The molecule has 0 aliphatic carbocycles. The largest absolute Gasteiger partial charge is 0.489 e. The lowest BCUT2D eigenvalue weighted by Gasteiger charge is -2.15. The Morgan fingerprint density at radius 1 is 1.33 bits per heavy atom. The van der Waals surface area contributed by atoms with Gasteiger partial charge in [-0.3, -0.25) is 0 Å². The van der Waals surface area contributed by atoms with Gasteiger partial charge in [-0.2, -0.15) is 0 Å². The van der Waals surface area contributed by atoms with Gasteiger partial charge in [-0.1, -0.05) is 17.7 Å². The Morgan fingerprint density at radius 3 is 3.00 bits per heavy atom. The van der Waals surface area contributed by atoms with Gasteiger partial charge in [0.25, 0.3) is 0 Å². The molecule has 1 atom stereocenters. The van der Waals surface area contributed by atoms with E-state index in [4.69, 9.17) is 21.1 Å². The van der Waals surface area contributed by atoms with Crippen LogP contribution in [0.15, 0.2) is 29.6 Å². The van der Waals surface area contributed by atoms with Gasteiger partial charge < -0.3 is 14.8 Å². The highest BCUT2D eigenvalue weighted by Gasteiger charge is 2.16. The second kappa shape index (κ2) is 6.69. The molecule has 2 heterocycles. The minimum absolute atomic E-state index is 0.319. The van der Waals surface area contributed by atoms with E-state index in [0.717, 1.165) is 24.3 Å². The minimum Gasteiger partial charge on any atom is -0.489 e. The van der Waals surface area contributed by atoms with E-state index in [1.807, 2.05) is 12.1 Å². The monoisotopic (exact) mass is 323 g/mol. The van der Waals surface area contributed by atoms with E-state index in [9.17, 15) is 0 Å². The van der Waals surface area contributed by atoms with Gasteiger partial charge in [-0.15, -0.1) is 11.3 Å². The summed E-state index contributed by atoms with van der Waals surface area (Å²) in [6.07, 6.45) is 0.883. The fourth-order valence-electron chi connectivity index (χ4n) is 2.30. The molecule has 0 saturated heterocycles. The van der Waals surface area contributed by atoms with E-state index in [1.54, 1.807) is 11.3 Å². The van der Waals surface area contributed by atoms with Crippen molar-refractivity contribution in [2.75, 3.05) is 13.2 Å². The predicted octanol–water partition coefficient (Wildman–Crippen LogP) is 4.41. The van der Waals surface area contributed by atoms with Crippen LogP contribution in [-0.2, 0) is 6.54 Å². The van der Waals surface area contributed by atoms with E-state index in [-0.39, 0.29) is 0 Å². The van der Waals surface area contributed by atoms with Gasteiger partial charge in [-0.05, 0) is 36.1 Å². The molecular weight excluding hydrogens is 306 g/mol. The van der Waals surface area contributed by atoms with Crippen LogP contribution in [0.1, 0.15) is 29.8 Å². The summed E-state index contributed by atoms with van der Waals surface area (Å²) in [4.78, 5) is 1.33. The normalized spacial score (nSPS) is 15.5. The maximum absolute atomic E-state index is 6.30. The summed E-state index contributed by atoms with van der Waals surface area (Å²) in [5, 5.41) is 6.22. The average molecular weight is 324 g/mol. The Kier molecular flexibility index (Phi) is 4.68. The topological polar surface area (TPSA) is 30.5 Å². The smallest absolute Gasteiger partial charge is 0.179 e. The lowest BCUT2D eigenvalue weighted by atomic mass is 10.1. The summed E-state index contributed by atoms with van der Waals surface area (Å²) in [5.41, 5.74) is 1.10. The van der Waals surface area contributed by atoms with Crippen molar-refractivity contribution in [1.29, 1.82) is 0 Å². The van der Waals surface area contributed by atoms with Gasteiger partial charge in [0.05, 0.1) is 18.2 Å². The van der Waals surface area contributed by atoms with Crippen molar-refractivity contribution in [2.45, 2.75) is 25.9 Å². The molecule has 0 radical (unpaired) electrons. The third-order valence-corrected chi connectivity index (χ3v) is 4.78. The predicted molar refractivity (Wildman–Crippen MR) is 86.6 cm³/mol. The van der Waals surface area contributed by atoms with Gasteiger partial charge in [0, 0.05) is 23.9 Å². The zero-order valence-electron chi connectivity index (χ0n) is 11.9. The van der Waals surface area contributed by atoms with Crippen LogP contribution in [0.25, 0.3) is 0 Å². The van der Waals surface area contributed by atoms with Gasteiger partial charge in [-0.25, -0.2) is 0 Å². The van der Waals surface area contributed by atoms with Crippen LogP contribution in [0.2, 0.25) is 5.02 Å². The first kappa shape index (κ1) is 14.7. The summed E-state index contributed by atoms with van der Waals surface area (Å²) in [6.45, 7) is 4.23. The molecule has 2 aromatic rings. The van der Waals surface area contributed by atoms with Crippen LogP contribution in [0, 0.1) is 0 Å². The van der Waals surface area contributed by atoms with Gasteiger partial charge in [0.15, 0.2) is 11.5 Å². The van der Waals surface area contributed by atoms with Crippen molar-refractivity contribution in [3.05, 3.63) is 45.1 Å². The lowest BCUT2D eigenvalue weighted by molar-refractivity contribution is 0.297. The molecule has 0 unspecified atom stereocenters. The van der Waals surface area contributed by atoms with E-state index in [0.29, 0.717) is 30.0 Å². The number of thiophene rings is 1. The lowest BCUT2D eigenvalue weighted by Crippen LogP contribution is -2.17. The van der Waals surface area contributed by atoms with Crippen LogP contribution in [-0.4, -0.2) is 13.2 Å². The van der Waals surface area contributed by atoms with Crippen molar-refractivity contribution in [3.8, 4) is 11.5 Å². The SMILES string of the molecule is C[C@@H](NCc1cc(Cl)c2c(c1)OCCCO2)c1cccs1. The van der Waals surface area contributed by atoms with Crippen molar-refractivity contribution in [1.82, 2.24) is 5.32 Å². The Morgan fingerprint density at radius 2 is 2.19 bits per heavy atom. The molecule has 0 amide bonds. The third kappa shape index (κ3) is 3.51. The summed E-state index contributed by atoms with van der Waals surface area (Å²) in [6, 6.07) is 8.50. The molecule has 1 aliphatic rings. The van der Waals surface area contributed by atoms with Crippen molar-refractivity contribution >= 4 is 22.9 Å². The highest BCUT2D eigenvalue weighted by atomic mass is 35.5. The zero-order valence-corrected chi connectivity index (χ0v) is 13.5. The van der Waals surface area contributed by atoms with Crippen LogP contribution in [0.5, 0.6) is 11.5 Å². The molecule has 1 N–H and O–H groups in total. The standard InChI is InChI=1S/C16H18ClNO2S/c1-11(15-4-2-7-21-15)18-10-12-8-13(17)16-14(9-12)19-5-3-6-20-16/h2,4,7-9,11,18H,3,5-6,10H2,1H3/t11-/m1/s1. The van der Waals surface area contributed by atoms with Crippen molar-refractivity contribution in [2.24, 2.45) is 0 Å². The maximum Gasteiger partial charge on any atom is 0.179 e. The molecule has 5 heteroatoms. The van der Waals surface area contributed by atoms with Crippen LogP contribution in [0.4, 0.5) is 0 Å². The van der Waals surface area contributed by atoms with E-state index < -0.39 is 0 Å². The molecule has 1 aliphatic heterocycles. The third-order valence-electron chi connectivity index (χ3n) is 3.44. The Bertz CT molecular complexity index is 601. The molecule has 0 spiro atoms. The number of hydrogen-bond acceptors (Lipinski definition) is 4. The molecule has 21 heavy (non-hydrogen) atoms. The molecule has 0 fully saturated rings. The Hall–Kier alpha value is -1.23. The molecule has 1 aromatic carbocycles. The summed E-state index contributed by atoms with van der Waals surface area (Å²) in [5.74, 6) is 1.42. The quantitative estimate of drug-likeness (QED) is 0.903. The van der Waals surface area contributed by atoms with Crippen molar-refractivity contribution < 1.29 is 9.47 Å². The highest BCUT2D eigenvalue weighted by Crippen LogP contribution is 2.38. The van der Waals surface area contributed by atoms with E-state index >= 15 is 0 Å². The number of fused-ring (bicyclic) bond motifs is 1. The number of nitrogens with one attached hydrogen (secondary N) is 1. The first-order valence-corrected chi connectivity index (χ1v) is 8.34. The fourth-order valence-corrected chi connectivity index (χ4v) is 3.34. The Labute approximate surface area is 133 Å². The summed E-state index contributed by atoms with van der Waals surface area (Å²) in [7, 11) is 0. The van der Waals surface area contributed by atoms with Gasteiger partial charge >= 0.3 is 0 Å². The second-order valence-corrected chi connectivity index (χ2v) is 6.46. The first-order valence-electron chi connectivity index (χ1n) is 7.09. The van der Waals surface area contributed by atoms with E-state index in [1.165, 1.54) is 4.88 Å². The Balaban J connectivity index is 1.71. The van der Waals surface area contributed by atoms with Gasteiger partial charge in [0.2, 0.25) is 0 Å². The minimum atomic E-state index is 0.319. The number of ether oxygens (including phenoxy) is 2. The fraction of sp³-hybridized carbons (Fsp3) is 0.375. The van der Waals surface area contributed by atoms with Crippen LogP contribution in [0.3, 0.4) is 0 Å². The summed E-state index contributed by atoms with van der Waals surface area (Å²) < 4.78 is 11.4. The average Bonchev–Trinajstić information content (AvgIpc) is 2.91. The van der Waals surface area contributed by atoms with Crippen LogP contribution < -0.4 is 14.8 Å². The summed E-state index contributed by atoms with van der Waals surface area (Å²) >= 11 is 8.07. The highest BCUT2D eigenvalue weighted by molar-refractivity contribution is 7.10. The molecule has 0 saturated carbocycles.